The van der Waals surface area contributed by atoms with Gasteiger partial charge in [-0.25, -0.2) is 4.68 Å². The maximum Gasteiger partial charge on any atom is 0.269 e. The lowest BCUT2D eigenvalue weighted by Crippen LogP contribution is -2.15. The Morgan fingerprint density at radius 2 is 2.10 bits per heavy atom. The number of rotatable bonds is 7. The van der Waals surface area contributed by atoms with Crippen LogP contribution in [-0.4, -0.2) is 30.8 Å². The number of nitro benzene ring substituents is 1. The quantitative estimate of drug-likeness (QED) is 0.353. The summed E-state index contributed by atoms with van der Waals surface area (Å²) in [6.07, 6.45) is 0.448. The number of carbonyl (C=O) groups is 1. The van der Waals surface area contributed by atoms with E-state index in [1.165, 1.54) is 28.2 Å². The minimum atomic E-state index is -0.470. The number of aryl methyl sites for hydroxylation is 2. The molecule has 0 aliphatic rings. The number of nitro groups is 1. The topological polar surface area (TPSA) is 129 Å². The molecule has 3 aromatic heterocycles. The molecule has 0 unspecified atom stereocenters. The zero-order chi connectivity index (χ0) is 21.1. The third kappa shape index (κ3) is 4.25. The second kappa shape index (κ2) is 8.25. The third-order valence-electron chi connectivity index (χ3n) is 4.22. The van der Waals surface area contributed by atoms with Gasteiger partial charge in [0.25, 0.3) is 5.69 Å². The lowest BCUT2D eigenvalue weighted by atomic mass is 10.2. The average molecular weight is 424 g/mol. The first-order valence-corrected chi connectivity index (χ1v) is 9.90. The molecule has 152 valence electrons. The van der Waals surface area contributed by atoms with Gasteiger partial charge in [0.1, 0.15) is 5.82 Å². The van der Waals surface area contributed by atoms with Crippen LogP contribution in [0.5, 0.6) is 0 Å². The molecule has 0 aliphatic heterocycles. The maximum absolute atomic E-state index is 12.4. The molecule has 0 saturated heterocycles. The van der Waals surface area contributed by atoms with Crippen molar-refractivity contribution in [1.82, 2.24) is 19.9 Å². The molecule has 0 radical (unpaired) electrons. The van der Waals surface area contributed by atoms with Gasteiger partial charge in [0.05, 0.1) is 16.3 Å². The first kappa shape index (κ1) is 19.5. The van der Waals surface area contributed by atoms with Crippen molar-refractivity contribution in [1.29, 1.82) is 0 Å². The predicted octanol–water partition coefficient (Wildman–Crippen LogP) is 3.77. The number of non-ortho nitro benzene ring substituents is 1. The standard InChI is InChI=1S/C19H16N6O4S/c1-12-10-16(24(22-12)14-2-4-15(5-3-14)25(27)28)20-17(26)6-7-18-21-19(23-29-18)13-8-9-30-11-13/h2-5,8-11H,6-7H2,1H3,(H,20,26). The Balaban J connectivity index is 1.42. The van der Waals surface area contributed by atoms with Gasteiger partial charge in [-0.15, -0.1) is 0 Å². The molecule has 1 amide bonds. The summed E-state index contributed by atoms with van der Waals surface area (Å²) in [5.74, 6) is 1.11. The molecule has 0 saturated carbocycles. The molecule has 0 aliphatic carbocycles. The Bertz CT molecular complexity index is 1180. The Morgan fingerprint density at radius 3 is 2.80 bits per heavy atom. The summed E-state index contributed by atoms with van der Waals surface area (Å²) < 4.78 is 6.73. The fourth-order valence-corrected chi connectivity index (χ4v) is 3.43. The SMILES string of the molecule is Cc1cc(NC(=O)CCc2nc(-c3ccsc3)no2)n(-c2ccc([N+](=O)[O-])cc2)n1. The Morgan fingerprint density at radius 1 is 1.30 bits per heavy atom. The summed E-state index contributed by atoms with van der Waals surface area (Å²) >= 11 is 1.54. The van der Waals surface area contributed by atoms with Crippen molar-refractivity contribution in [3.05, 3.63) is 68.9 Å². The highest BCUT2D eigenvalue weighted by molar-refractivity contribution is 7.08. The van der Waals surface area contributed by atoms with Gasteiger partial charge in [-0.2, -0.15) is 21.4 Å². The molecular weight excluding hydrogens is 408 g/mol. The smallest absolute Gasteiger partial charge is 0.269 e. The van der Waals surface area contributed by atoms with E-state index in [9.17, 15) is 14.9 Å². The number of amides is 1. The van der Waals surface area contributed by atoms with Gasteiger partial charge < -0.3 is 9.84 Å². The summed E-state index contributed by atoms with van der Waals surface area (Å²) in [6, 6.07) is 9.54. The van der Waals surface area contributed by atoms with Crippen molar-refractivity contribution in [2.45, 2.75) is 19.8 Å². The molecule has 30 heavy (non-hydrogen) atoms. The zero-order valence-electron chi connectivity index (χ0n) is 15.8. The van der Waals surface area contributed by atoms with Gasteiger partial charge in [0, 0.05) is 42.0 Å². The van der Waals surface area contributed by atoms with E-state index in [2.05, 4.69) is 20.6 Å². The summed E-state index contributed by atoms with van der Waals surface area (Å²) in [5.41, 5.74) is 2.15. The number of hydrogen-bond acceptors (Lipinski definition) is 8. The van der Waals surface area contributed by atoms with Gasteiger partial charge in [-0.05, 0) is 30.5 Å². The number of anilines is 1. The third-order valence-corrected chi connectivity index (χ3v) is 4.90. The molecule has 0 bridgehead atoms. The monoisotopic (exact) mass is 424 g/mol. The van der Waals surface area contributed by atoms with Crippen molar-refractivity contribution in [2.24, 2.45) is 0 Å². The Kier molecular flexibility index (Phi) is 5.35. The van der Waals surface area contributed by atoms with Crippen molar-refractivity contribution in [3.8, 4) is 17.1 Å². The Hall–Kier alpha value is -3.86. The van der Waals surface area contributed by atoms with E-state index in [4.69, 9.17) is 4.52 Å². The van der Waals surface area contributed by atoms with Crippen LogP contribution in [0, 0.1) is 17.0 Å². The minimum Gasteiger partial charge on any atom is -0.339 e. The van der Waals surface area contributed by atoms with Crippen LogP contribution in [0.25, 0.3) is 17.1 Å². The number of nitrogens with one attached hydrogen (secondary N) is 1. The Labute approximate surface area is 174 Å². The van der Waals surface area contributed by atoms with E-state index in [1.807, 2.05) is 16.8 Å². The van der Waals surface area contributed by atoms with Crippen LogP contribution in [0.1, 0.15) is 18.0 Å². The number of hydrogen-bond donors (Lipinski definition) is 1. The molecular formula is C19H16N6O4S. The van der Waals surface area contributed by atoms with Crippen LogP contribution in [0.15, 0.2) is 51.7 Å². The van der Waals surface area contributed by atoms with Gasteiger partial charge >= 0.3 is 0 Å². The fourth-order valence-electron chi connectivity index (χ4n) is 2.79. The van der Waals surface area contributed by atoms with Crippen LogP contribution in [0.3, 0.4) is 0 Å². The molecule has 0 spiro atoms. The highest BCUT2D eigenvalue weighted by atomic mass is 32.1. The van der Waals surface area contributed by atoms with E-state index in [1.54, 1.807) is 25.1 Å². The summed E-state index contributed by atoms with van der Waals surface area (Å²) in [5, 5.41) is 25.8. The highest BCUT2D eigenvalue weighted by Crippen LogP contribution is 2.21. The first-order valence-electron chi connectivity index (χ1n) is 8.96. The lowest BCUT2D eigenvalue weighted by molar-refractivity contribution is -0.384. The molecule has 1 N–H and O–H groups in total. The van der Waals surface area contributed by atoms with Crippen LogP contribution >= 0.6 is 11.3 Å². The number of benzene rings is 1. The number of nitrogens with zero attached hydrogens (tertiary/aromatic N) is 5. The van der Waals surface area contributed by atoms with Crippen LogP contribution < -0.4 is 5.32 Å². The average Bonchev–Trinajstić information content (AvgIpc) is 3.47. The normalized spacial score (nSPS) is 10.8. The zero-order valence-corrected chi connectivity index (χ0v) is 16.6. The van der Waals surface area contributed by atoms with Crippen LogP contribution in [-0.2, 0) is 11.2 Å². The minimum absolute atomic E-state index is 0.0189. The summed E-state index contributed by atoms with van der Waals surface area (Å²) in [7, 11) is 0. The summed E-state index contributed by atoms with van der Waals surface area (Å²) in [4.78, 5) is 27.1. The summed E-state index contributed by atoms with van der Waals surface area (Å²) in [6.45, 7) is 1.79. The molecule has 4 rings (SSSR count). The van der Waals surface area contributed by atoms with Crippen molar-refractivity contribution in [2.75, 3.05) is 5.32 Å². The van der Waals surface area contributed by atoms with E-state index in [0.29, 0.717) is 35.3 Å². The van der Waals surface area contributed by atoms with Crippen LogP contribution in [0.4, 0.5) is 11.5 Å². The van der Waals surface area contributed by atoms with Gasteiger partial charge in [0.15, 0.2) is 0 Å². The maximum atomic E-state index is 12.4. The second-order valence-electron chi connectivity index (χ2n) is 6.43. The van der Waals surface area contributed by atoms with E-state index < -0.39 is 4.92 Å². The molecule has 0 atom stereocenters. The van der Waals surface area contributed by atoms with Crippen molar-refractivity contribution < 1.29 is 14.2 Å². The molecule has 0 fully saturated rings. The molecule has 1 aromatic carbocycles. The lowest BCUT2D eigenvalue weighted by Gasteiger charge is -2.08. The van der Waals surface area contributed by atoms with Gasteiger partial charge in [0.2, 0.25) is 17.6 Å². The molecule has 4 aromatic rings. The first-order chi connectivity index (χ1) is 14.5. The van der Waals surface area contributed by atoms with Crippen molar-refractivity contribution >= 4 is 28.7 Å². The second-order valence-corrected chi connectivity index (χ2v) is 7.21. The van der Waals surface area contributed by atoms with Gasteiger partial charge in [-0.3, -0.25) is 14.9 Å². The molecule has 10 nitrogen and oxygen atoms in total. The molecule has 11 heteroatoms. The van der Waals surface area contributed by atoms with E-state index >= 15 is 0 Å². The fraction of sp³-hybridized carbons (Fsp3) is 0.158. The van der Waals surface area contributed by atoms with Crippen molar-refractivity contribution in [3.63, 3.8) is 0 Å². The number of carbonyl (C=O) groups excluding carboxylic acids is 1. The largest absolute Gasteiger partial charge is 0.339 e. The number of thiophene rings is 1. The van der Waals surface area contributed by atoms with E-state index in [0.717, 1.165) is 5.56 Å². The highest BCUT2D eigenvalue weighted by Gasteiger charge is 2.15. The predicted molar refractivity (Wildman–Crippen MR) is 110 cm³/mol. The van der Waals surface area contributed by atoms with Crippen LogP contribution in [0.2, 0.25) is 0 Å². The molecule has 3 heterocycles. The van der Waals surface area contributed by atoms with Gasteiger partial charge in [-0.1, -0.05) is 5.16 Å². The number of aromatic nitrogens is 4. The van der Waals surface area contributed by atoms with E-state index in [-0.39, 0.29) is 18.0 Å².